The van der Waals surface area contributed by atoms with Crippen LogP contribution in [0.1, 0.15) is 47.5 Å². The summed E-state index contributed by atoms with van der Waals surface area (Å²) in [7, 11) is 0. The Bertz CT molecular complexity index is 243. The Hall–Kier alpha value is -1.06. The Morgan fingerprint density at radius 3 is 2.31 bits per heavy atom. The van der Waals surface area contributed by atoms with Crippen LogP contribution in [0.5, 0.6) is 0 Å². The van der Waals surface area contributed by atoms with Crippen LogP contribution in [0.25, 0.3) is 0 Å². The molecule has 4 heteroatoms. The van der Waals surface area contributed by atoms with E-state index in [0.29, 0.717) is 13.0 Å². The largest absolute Gasteiger partial charge is 0.444 e. The fourth-order valence-electron chi connectivity index (χ4n) is 1.12. The normalized spacial score (nSPS) is 13.1. The van der Waals surface area contributed by atoms with Crippen LogP contribution < -0.4 is 5.32 Å². The highest BCUT2D eigenvalue weighted by molar-refractivity contribution is 5.75. The second-order valence-electron chi connectivity index (χ2n) is 5.23. The minimum absolute atomic E-state index is 0.184. The molecule has 0 radical (unpaired) electrons. The minimum atomic E-state index is -0.466. The number of nitrogens with one attached hydrogen (secondary N) is 1. The molecule has 4 nitrogen and oxygen atoms in total. The summed E-state index contributed by atoms with van der Waals surface area (Å²) in [6.45, 7) is 9.60. The van der Waals surface area contributed by atoms with Gasteiger partial charge in [-0.1, -0.05) is 6.92 Å². The van der Waals surface area contributed by atoms with E-state index in [4.69, 9.17) is 4.74 Å². The van der Waals surface area contributed by atoms with Crippen molar-refractivity contribution in [3.8, 4) is 0 Å². The fourth-order valence-corrected chi connectivity index (χ4v) is 1.12. The average molecular weight is 229 g/mol. The van der Waals surface area contributed by atoms with Gasteiger partial charge in [-0.3, -0.25) is 0 Å². The van der Waals surface area contributed by atoms with Gasteiger partial charge in [0.15, 0.2) is 0 Å². The average Bonchev–Trinajstić information content (AvgIpc) is 2.08. The van der Waals surface area contributed by atoms with Crippen LogP contribution in [0.2, 0.25) is 0 Å². The zero-order valence-electron chi connectivity index (χ0n) is 10.9. The molecule has 0 aliphatic rings. The standard InChI is InChI=1S/C12H23NO3/c1-9(6-7-10(2)14)8-13-11(15)16-12(3,4)5/h9H,6-8H2,1-5H3,(H,13,15). The van der Waals surface area contributed by atoms with Gasteiger partial charge in [-0.05, 0) is 40.0 Å². The van der Waals surface area contributed by atoms with Crippen molar-refractivity contribution in [1.82, 2.24) is 5.32 Å². The van der Waals surface area contributed by atoms with Gasteiger partial charge in [-0.2, -0.15) is 0 Å². The van der Waals surface area contributed by atoms with Crippen LogP contribution in [-0.4, -0.2) is 24.0 Å². The second kappa shape index (κ2) is 6.51. The van der Waals surface area contributed by atoms with Gasteiger partial charge in [0.25, 0.3) is 0 Å². The van der Waals surface area contributed by atoms with E-state index in [1.54, 1.807) is 6.92 Å². The molecule has 94 valence electrons. The highest BCUT2D eigenvalue weighted by Gasteiger charge is 2.16. The number of ether oxygens (including phenoxy) is 1. The number of Topliss-reactive ketones (excluding diaryl/α,β-unsaturated/α-hetero) is 1. The van der Waals surface area contributed by atoms with Crippen molar-refractivity contribution < 1.29 is 14.3 Å². The summed E-state index contributed by atoms with van der Waals surface area (Å²) in [5, 5.41) is 2.69. The summed E-state index contributed by atoms with van der Waals surface area (Å²) in [6, 6.07) is 0. The van der Waals surface area contributed by atoms with Gasteiger partial charge in [-0.15, -0.1) is 0 Å². The molecule has 0 aliphatic heterocycles. The lowest BCUT2D eigenvalue weighted by Gasteiger charge is -2.20. The number of amides is 1. The minimum Gasteiger partial charge on any atom is -0.444 e. The molecule has 0 aromatic heterocycles. The molecule has 1 atom stereocenters. The van der Waals surface area contributed by atoms with E-state index in [1.165, 1.54) is 0 Å². The number of ketones is 1. The predicted octanol–water partition coefficient (Wildman–Crippen LogP) is 2.52. The topological polar surface area (TPSA) is 55.4 Å². The molecule has 0 heterocycles. The second-order valence-corrected chi connectivity index (χ2v) is 5.23. The van der Waals surface area contributed by atoms with Gasteiger partial charge in [0.05, 0.1) is 0 Å². The van der Waals surface area contributed by atoms with Crippen molar-refractivity contribution in [2.45, 2.75) is 53.1 Å². The molecular formula is C12H23NO3. The number of hydrogen-bond donors (Lipinski definition) is 1. The smallest absolute Gasteiger partial charge is 0.407 e. The van der Waals surface area contributed by atoms with Crippen molar-refractivity contribution in [3.05, 3.63) is 0 Å². The molecule has 0 aromatic carbocycles. The van der Waals surface area contributed by atoms with E-state index >= 15 is 0 Å². The Balaban J connectivity index is 3.71. The van der Waals surface area contributed by atoms with Crippen molar-refractivity contribution in [2.75, 3.05) is 6.54 Å². The van der Waals surface area contributed by atoms with Crippen molar-refractivity contribution in [3.63, 3.8) is 0 Å². The molecule has 1 unspecified atom stereocenters. The summed E-state index contributed by atoms with van der Waals surface area (Å²) < 4.78 is 5.10. The maximum Gasteiger partial charge on any atom is 0.407 e. The SMILES string of the molecule is CC(=O)CCC(C)CNC(=O)OC(C)(C)C. The van der Waals surface area contributed by atoms with Crippen LogP contribution in [0.4, 0.5) is 4.79 Å². The van der Waals surface area contributed by atoms with E-state index in [0.717, 1.165) is 6.42 Å². The molecule has 16 heavy (non-hydrogen) atoms. The fraction of sp³-hybridized carbons (Fsp3) is 0.833. The highest BCUT2D eigenvalue weighted by atomic mass is 16.6. The van der Waals surface area contributed by atoms with Crippen LogP contribution in [0, 0.1) is 5.92 Å². The lowest BCUT2D eigenvalue weighted by molar-refractivity contribution is -0.117. The lowest BCUT2D eigenvalue weighted by Crippen LogP contribution is -2.34. The van der Waals surface area contributed by atoms with Crippen molar-refractivity contribution in [1.29, 1.82) is 0 Å². The summed E-state index contributed by atoms with van der Waals surface area (Å²) in [4.78, 5) is 22.1. The zero-order chi connectivity index (χ0) is 12.8. The number of alkyl carbamates (subject to hydrolysis) is 1. The Morgan fingerprint density at radius 1 is 1.31 bits per heavy atom. The number of carbonyl (C=O) groups excluding carboxylic acids is 2. The third kappa shape index (κ3) is 9.49. The zero-order valence-corrected chi connectivity index (χ0v) is 10.9. The molecule has 0 rings (SSSR count). The number of carbonyl (C=O) groups is 2. The number of hydrogen-bond acceptors (Lipinski definition) is 3. The molecule has 1 N–H and O–H groups in total. The van der Waals surface area contributed by atoms with Crippen LogP contribution in [0.3, 0.4) is 0 Å². The third-order valence-electron chi connectivity index (χ3n) is 1.98. The molecule has 0 saturated carbocycles. The third-order valence-corrected chi connectivity index (χ3v) is 1.98. The summed E-state index contributed by atoms with van der Waals surface area (Å²) in [6.07, 6.45) is 0.963. The van der Waals surface area contributed by atoms with Crippen LogP contribution in [-0.2, 0) is 9.53 Å². The molecular weight excluding hydrogens is 206 g/mol. The Kier molecular flexibility index (Phi) is 6.08. The van der Waals surface area contributed by atoms with Crippen LogP contribution >= 0.6 is 0 Å². The molecule has 0 bridgehead atoms. The monoisotopic (exact) mass is 229 g/mol. The first kappa shape index (κ1) is 14.9. The van der Waals surface area contributed by atoms with Gasteiger partial charge in [0, 0.05) is 13.0 Å². The van der Waals surface area contributed by atoms with Gasteiger partial charge < -0.3 is 14.8 Å². The number of rotatable bonds is 5. The van der Waals surface area contributed by atoms with Gasteiger partial charge in [-0.25, -0.2) is 4.79 Å². The van der Waals surface area contributed by atoms with E-state index in [-0.39, 0.29) is 11.7 Å². The molecule has 0 aliphatic carbocycles. The molecule has 0 aromatic rings. The highest BCUT2D eigenvalue weighted by Crippen LogP contribution is 2.08. The lowest BCUT2D eigenvalue weighted by atomic mass is 10.0. The summed E-state index contributed by atoms with van der Waals surface area (Å²) >= 11 is 0. The maximum atomic E-state index is 11.3. The molecule has 0 fully saturated rings. The van der Waals surface area contributed by atoms with Crippen molar-refractivity contribution in [2.24, 2.45) is 5.92 Å². The molecule has 0 saturated heterocycles. The van der Waals surface area contributed by atoms with E-state index < -0.39 is 11.7 Å². The van der Waals surface area contributed by atoms with E-state index in [1.807, 2.05) is 27.7 Å². The first-order valence-corrected chi connectivity index (χ1v) is 5.67. The quantitative estimate of drug-likeness (QED) is 0.788. The first-order valence-electron chi connectivity index (χ1n) is 5.67. The predicted molar refractivity (Wildman–Crippen MR) is 63.3 cm³/mol. The maximum absolute atomic E-state index is 11.3. The Morgan fingerprint density at radius 2 is 1.88 bits per heavy atom. The summed E-state index contributed by atoms with van der Waals surface area (Å²) in [5.74, 6) is 0.473. The Labute approximate surface area is 97.7 Å². The molecule has 0 spiro atoms. The van der Waals surface area contributed by atoms with Gasteiger partial charge >= 0.3 is 6.09 Å². The van der Waals surface area contributed by atoms with Crippen molar-refractivity contribution >= 4 is 11.9 Å². The van der Waals surface area contributed by atoms with Gasteiger partial charge in [0.2, 0.25) is 0 Å². The first-order chi connectivity index (χ1) is 7.20. The van der Waals surface area contributed by atoms with Crippen LogP contribution in [0.15, 0.2) is 0 Å². The summed E-state index contributed by atoms with van der Waals surface area (Å²) in [5.41, 5.74) is -0.466. The molecule has 1 amide bonds. The van der Waals surface area contributed by atoms with E-state index in [9.17, 15) is 9.59 Å². The van der Waals surface area contributed by atoms with E-state index in [2.05, 4.69) is 5.32 Å². The van der Waals surface area contributed by atoms with Gasteiger partial charge in [0.1, 0.15) is 11.4 Å².